The smallest absolute Gasteiger partial charge is 0.148 e. The van der Waals surface area contributed by atoms with Crippen LogP contribution >= 0.6 is 11.6 Å². The number of rotatable bonds is 8. The average Bonchev–Trinajstić information content (AvgIpc) is 3.42. The number of nitrogens with zero attached hydrogens (tertiary/aromatic N) is 3. The fourth-order valence-electron chi connectivity index (χ4n) is 3.51. The molecule has 1 aliphatic rings. The molecule has 0 radical (unpaired) electrons. The molecule has 0 saturated heterocycles. The first-order chi connectivity index (χ1) is 13.6. The van der Waals surface area contributed by atoms with E-state index in [4.69, 9.17) is 21.3 Å². The standard InChI is InChI=1S/C23H26ClN3O/c1-26(15-17-7-8-17)14-13-19-16-27(20-11-9-18(24)10-12-20)23(25-19)21-5-3-4-6-22(21)28-2/h3-6,9-12,16-17H,7-8,13-15H2,1-2H3. The Morgan fingerprint density at radius 2 is 1.89 bits per heavy atom. The van der Waals surface area contributed by atoms with Crippen LogP contribution in [0.3, 0.4) is 0 Å². The van der Waals surface area contributed by atoms with Gasteiger partial charge in [-0.3, -0.25) is 4.57 Å². The third-order valence-corrected chi connectivity index (χ3v) is 5.48. The molecule has 2 aromatic carbocycles. The van der Waals surface area contributed by atoms with Gasteiger partial charge in [-0.25, -0.2) is 4.98 Å². The van der Waals surface area contributed by atoms with Crippen LogP contribution in [0.25, 0.3) is 17.1 Å². The zero-order valence-electron chi connectivity index (χ0n) is 16.4. The largest absolute Gasteiger partial charge is 0.496 e. The molecule has 0 aliphatic heterocycles. The Morgan fingerprint density at radius 1 is 1.14 bits per heavy atom. The minimum absolute atomic E-state index is 0.727. The van der Waals surface area contributed by atoms with Gasteiger partial charge in [-0.1, -0.05) is 23.7 Å². The van der Waals surface area contributed by atoms with Crippen LogP contribution in [0.1, 0.15) is 18.5 Å². The number of hydrogen-bond donors (Lipinski definition) is 0. The van der Waals surface area contributed by atoms with E-state index in [-0.39, 0.29) is 0 Å². The van der Waals surface area contributed by atoms with Crippen LogP contribution in [0.5, 0.6) is 5.75 Å². The summed E-state index contributed by atoms with van der Waals surface area (Å²) < 4.78 is 7.71. The van der Waals surface area contributed by atoms with E-state index in [1.807, 2.05) is 42.5 Å². The number of halogens is 1. The normalized spacial score (nSPS) is 13.9. The topological polar surface area (TPSA) is 30.3 Å². The van der Waals surface area contributed by atoms with Gasteiger partial charge >= 0.3 is 0 Å². The van der Waals surface area contributed by atoms with Gasteiger partial charge in [0.2, 0.25) is 0 Å². The lowest BCUT2D eigenvalue weighted by atomic mass is 10.2. The third kappa shape index (κ3) is 4.40. The maximum Gasteiger partial charge on any atom is 0.148 e. The first kappa shape index (κ1) is 19.0. The zero-order chi connectivity index (χ0) is 19.5. The van der Waals surface area contributed by atoms with E-state index in [0.717, 1.165) is 52.4 Å². The SMILES string of the molecule is COc1ccccc1-c1nc(CCN(C)CC2CC2)cn1-c1ccc(Cl)cc1. The van der Waals surface area contributed by atoms with Crippen molar-refractivity contribution in [2.24, 2.45) is 5.92 Å². The van der Waals surface area contributed by atoms with E-state index >= 15 is 0 Å². The van der Waals surface area contributed by atoms with Crippen LogP contribution in [0.4, 0.5) is 0 Å². The molecule has 0 atom stereocenters. The molecule has 0 amide bonds. The van der Waals surface area contributed by atoms with E-state index in [1.165, 1.54) is 19.4 Å². The number of benzene rings is 2. The lowest BCUT2D eigenvalue weighted by Crippen LogP contribution is -2.23. The number of hydrogen-bond acceptors (Lipinski definition) is 3. The molecule has 0 spiro atoms. The van der Waals surface area contributed by atoms with Gasteiger partial charge in [0.15, 0.2) is 0 Å². The molecular weight excluding hydrogens is 370 g/mol. The van der Waals surface area contributed by atoms with Gasteiger partial charge in [-0.05, 0) is 62.2 Å². The van der Waals surface area contributed by atoms with Gasteiger partial charge in [0.05, 0.1) is 18.4 Å². The molecule has 0 N–H and O–H groups in total. The Labute approximate surface area is 171 Å². The van der Waals surface area contributed by atoms with Gasteiger partial charge in [-0.15, -0.1) is 0 Å². The van der Waals surface area contributed by atoms with E-state index < -0.39 is 0 Å². The summed E-state index contributed by atoms with van der Waals surface area (Å²) in [5.41, 5.74) is 3.10. The Balaban J connectivity index is 1.66. The Kier molecular flexibility index (Phi) is 5.69. The van der Waals surface area contributed by atoms with Gasteiger partial charge < -0.3 is 9.64 Å². The summed E-state index contributed by atoms with van der Waals surface area (Å²) in [6, 6.07) is 15.9. The molecule has 1 saturated carbocycles. The Morgan fingerprint density at radius 3 is 2.61 bits per heavy atom. The van der Waals surface area contributed by atoms with Crippen molar-refractivity contribution in [2.75, 3.05) is 27.2 Å². The van der Waals surface area contributed by atoms with Crippen molar-refractivity contribution in [1.82, 2.24) is 14.5 Å². The third-order valence-electron chi connectivity index (χ3n) is 5.22. The second-order valence-electron chi connectivity index (χ2n) is 7.56. The van der Waals surface area contributed by atoms with Gasteiger partial charge in [-0.2, -0.15) is 0 Å². The number of aromatic nitrogens is 2. The molecular formula is C23H26ClN3O. The van der Waals surface area contributed by atoms with Crippen LogP contribution < -0.4 is 4.74 Å². The maximum absolute atomic E-state index is 6.09. The summed E-state index contributed by atoms with van der Waals surface area (Å²) in [5.74, 6) is 2.61. The van der Waals surface area contributed by atoms with Crippen LogP contribution in [0, 0.1) is 5.92 Å². The van der Waals surface area contributed by atoms with E-state index in [1.54, 1.807) is 7.11 Å². The summed E-state index contributed by atoms with van der Waals surface area (Å²) >= 11 is 6.09. The number of likely N-dealkylation sites (N-methyl/N-ethyl adjacent to an activating group) is 1. The number of methoxy groups -OCH3 is 1. The highest BCUT2D eigenvalue weighted by Crippen LogP contribution is 2.32. The summed E-state index contributed by atoms with van der Waals surface area (Å²) in [4.78, 5) is 7.40. The molecule has 4 rings (SSSR count). The molecule has 3 aromatic rings. The fraction of sp³-hybridized carbons (Fsp3) is 0.348. The number of para-hydroxylation sites is 1. The molecule has 1 heterocycles. The molecule has 0 unspecified atom stereocenters. The van der Waals surface area contributed by atoms with Gasteiger partial charge in [0.25, 0.3) is 0 Å². The molecule has 1 fully saturated rings. The van der Waals surface area contributed by atoms with E-state index in [0.29, 0.717) is 0 Å². The molecule has 0 bridgehead atoms. The zero-order valence-corrected chi connectivity index (χ0v) is 17.2. The van der Waals surface area contributed by atoms with Crippen molar-refractivity contribution in [2.45, 2.75) is 19.3 Å². The first-order valence-corrected chi connectivity index (χ1v) is 10.2. The highest BCUT2D eigenvalue weighted by molar-refractivity contribution is 6.30. The predicted octanol–water partition coefficient (Wildman–Crippen LogP) is 5.09. The molecule has 146 valence electrons. The van der Waals surface area contributed by atoms with Crippen molar-refractivity contribution in [1.29, 1.82) is 0 Å². The number of imidazole rings is 1. The molecule has 1 aromatic heterocycles. The fourth-order valence-corrected chi connectivity index (χ4v) is 3.63. The van der Waals surface area contributed by atoms with Crippen molar-refractivity contribution in [3.63, 3.8) is 0 Å². The van der Waals surface area contributed by atoms with Crippen LogP contribution in [-0.2, 0) is 6.42 Å². The van der Waals surface area contributed by atoms with Crippen LogP contribution in [0.15, 0.2) is 54.7 Å². The lowest BCUT2D eigenvalue weighted by Gasteiger charge is -2.14. The Hall–Kier alpha value is -2.30. The van der Waals surface area contributed by atoms with Gasteiger partial charge in [0.1, 0.15) is 11.6 Å². The Bertz CT molecular complexity index is 931. The quantitative estimate of drug-likeness (QED) is 0.532. The average molecular weight is 396 g/mol. The van der Waals surface area contributed by atoms with Crippen LogP contribution in [-0.4, -0.2) is 41.7 Å². The van der Waals surface area contributed by atoms with Crippen LogP contribution in [0.2, 0.25) is 5.02 Å². The first-order valence-electron chi connectivity index (χ1n) is 9.80. The lowest BCUT2D eigenvalue weighted by molar-refractivity contribution is 0.323. The highest BCUT2D eigenvalue weighted by atomic mass is 35.5. The van der Waals surface area contributed by atoms with Crippen molar-refractivity contribution >= 4 is 11.6 Å². The molecule has 28 heavy (non-hydrogen) atoms. The highest BCUT2D eigenvalue weighted by Gasteiger charge is 2.23. The summed E-state index contributed by atoms with van der Waals surface area (Å²) in [6.07, 6.45) is 5.82. The van der Waals surface area contributed by atoms with Gasteiger partial charge in [0, 0.05) is 36.4 Å². The van der Waals surface area contributed by atoms with Crippen molar-refractivity contribution in [3.05, 3.63) is 65.4 Å². The second-order valence-corrected chi connectivity index (χ2v) is 7.99. The van der Waals surface area contributed by atoms with Crippen molar-refractivity contribution in [3.8, 4) is 22.8 Å². The summed E-state index contributed by atoms with van der Waals surface area (Å²) in [5, 5.41) is 0.727. The minimum Gasteiger partial charge on any atom is -0.496 e. The minimum atomic E-state index is 0.727. The summed E-state index contributed by atoms with van der Waals surface area (Å²) in [6.45, 7) is 2.21. The van der Waals surface area contributed by atoms with Crippen molar-refractivity contribution < 1.29 is 4.74 Å². The van der Waals surface area contributed by atoms with E-state index in [9.17, 15) is 0 Å². The molecule has 5 heteroatoms. The number of ether oxygens (including phenoxy) is 1. The predicted molar refractivity (Wildman–Crippen MR) is 114 cm³/mol. The second kappa shape index (κ2) is 8.38. The summed E-state index contributed by atoms with van der Waals surface area (Å²) in [7, 11) is 3.90. The van der Waals surface area contributed by atoms with E-state index in [2.05, 4.69) is 28.8 Å². The molecule has 1 aliphatic carbocycles. The molecule has 4 nitrogen and oxygen atoms in total. The maximum atomic E-state index is 6.09. The monoisotopic (exact) mass is 395 g/mol.